The van der Waals surface area contributed by atoms with Crippen LogP contribution in [0, 0.1) is 0 Å². The molecule has 0 unspecified atom stereocenters. The molecule has 8 heteroatoms. The van der Waals surface area contributed by atoms with Crippen molar-refractivity contribution in [2.75, 3.05) is 53.7 Å². The number of hydrogen-bond acceptors (Lipinski definition) is 5. The highest BCUT2D eigenvalue weighted by Crippen LogP contribution is 2.33. The van der Waals surface area contributed by atoms with E-state index in [0.717, 1.165) is 56.6 Å². The topological polar surface area (TPSA) is 58.6 Å². The average molecular weight is 516 g/mol. The lowest BCUT2D eigenvalue weighted by Gasteiger charge is -2.45. The fourth-order valence-electron chi connectivity index (χ4n) is 4.56. The van der Waals surface area contributed by atoms with Crippen LogP contribution >= 0.6 is 24.0 Å². The molecule has 0 aliphatic carbocycles. The normalized spacial score (nSPS) is 21.0. The highest BCUT2D eigenvalue weighted by atomic mass is 127. The first-order valence-electron chi connectivity index (χ1n) is 10.3. The van der Waals surface area contributed by atoms with Gasteiger partial charge in [-0.3, -0.25) is 9.89 Å². The average Bonchev–Trinajstić information content (AvgIpc) is 3.41. The molecular weight excluding hydrogens is 483 g/mol. The summed E-state index contributed by atoms with van der Waals surface area (Å²) in [7, 11) is 3.93. The molecule has 2 saturated heterocycles. The van der Waals surface area contributed by atoms with Crippen LogP contribution in [0.5, 0.6) is 11.5 Å². The number of nitrogens with zero attached hydrogens (tertiary/aromatic N) is 3. The lowest BCUT2D eigenvalue weighted by Crippen LogP contribution is -2.58. The summed E-state index contributed by atoms with van der Waals surface area (Å²) in [4.78, 5) is 9.36. The second kappa shape index (κ2) is 10.2. The molecule has 29 heavy (non-hydrogen) atoms. The van der Waals surface area contributed by atoms with Gasteiger partial charge in [-0.25, -0.2) is 0 Å². The Balaban J connectivity index is 0.00000240. The molecule has 0 amide bonds. The second-order valence-electron chi connectivity index (χ2n) is 7.98. The lowest BCUT2D eigenvalue weighted by molar-refractivity contribution is -0.0166. The van der Waals surface area contributed by atoms with Gasteiger partial charge in [0.2, 0.25) is 6.79 Å². The van der Waals surface area contributed by atoms with E-state index < -0.39 is 0 Å². The Morgan fingerprint density at radius 3 is 2.62 bits per heavy atom. The highest BCUT2D eigenvalue weighted by Gasteiger charge is 2.39. The first-order chi connectivity index (χ1) is 13.7. The number of halogens is 1. The summed E-state index contributed by atoms with van der Waals surface area (Å²) in [6.07, 6.45) is 4.79. The molecule has 3 heterocycles. The van der Waals surface area contributed by atoms with Crippen LogP contribution < -0.4 is 14.8 Å². The third-order valence-electron chi connectivity index (χ3n) is 6.21. The van der Waals surface area contributed by atoms with Crippen molar-refractivity contribution in [3.05, 3.63) is 23.8 Å². The van der Waals surface area contributed by atoms with E-state index in [4.69, 9.17) is 14.2 Å². The van der Waals surface area contributed by atoms with E-state index in [1.807, 2.05) is 13.1 Å². The van der Waals surface area contributed by atoms with Crippen LogP contribution in [0.4, 0.5) is 0 Å². The predicted molar refractivity (Wildman–Crippen MR) is 124 cm³/mol. The molecule has 4 rings (SSSR count). The molecule has 1 aromatic rings. The molecule has 0 spiro atoms. The largest absolute Gasteiger partial charge is 0.454 e. The first-order valence-corrected chi connectivity index (χ1v) is 10.3. The summed E-state index contributed by atoms with van der Waals surface area (Å²) in [6.45, 7) is 6.08. The zero-order chi connectivity index (χ0) is 19.4. The summed E-state index contributed by atoms with van der Waals surface area (Å²) in [5.41, 5.74) is 1.36. The third-order valence-corrected chi connectivity index (χ3v) is 6.21. The van der Waals surface area contributed by atoms with Crippen LogP contribution in [0.15, 0.2) is 23.2 Å². The Morgan fingerprint density at radius 1 is 1.17 bits per heavy atom. The van der Waals surface area contributed by atoms with Crippen LogP contribution in [0.2, 0.25) is 0 Å². The molecule has 162 valence electrons. The van der Waals surface area contributed by atoms with Gasteiger partial charge in [-0.2, -0.15) is 0 Å². The Hall–Kier alpha value is -1.26. The van der Waals surface area contributed by atoms with Gasteiger partial charge in [-0.1, -0.05) is 6.07 Å². The number of hydrogen-bond donors (Lipinski definition) is 1. The van der Waals surface area contributed by atoms with Gasteiger partial charge >= 0.3 is 0 Å². The molecule has 7 nitrogen and oxygen atoms in total. The number of guanidine groups is 1. The van der Waals surface area contributed by atoms with Crippen LogP contribution in [-0.2, 0) is 11.3 Å². The van der Waals surface area contributed by atoms with Crippen LogP contribution in [0.1, 0.15) is 31.2 Å². The molecule has 3 aliphatic rings. The van der Waals surface area contributed by atoms with E-state index in [1.54, 1.807) is 0 Å². The third kappa shape index (κ3) is 5.08. The van der Waals surface area contributed by atoms with Crippen LogP contribution in [0.3, 0.4) is 0 Å². The summed E-state index contributed by atoms with van der Waals surface area (Å²) < 4.78 is 16.6. The summed E-state index contributed by atoms with van der Waals surface area (Å²) >= 11 is 0. The quantitative estimate of drug-likeness (QED) is 0.369. The van der Waals surface area contributed by atoms with E-state index in [2.05, 4.69) is 39.3 Å². The van der Waals surface area contributed by atoms with E-state index in [0.29, 0.717) is 6.79 Å². The maximum Gasteiger partial charge on any atom is 0.231 e. The van der Waals surface area contributed by atoms with Gasteiger partial charge < -0.3 is 24.4 Å². The highest BCUT2D eigenvalue weighted by molar-refractivity contribution is 14.0. The van der Waals surface area contributed by atoms with Gasteiger partial charge in [0.1, 0.15) is 0 Å². The minimum absolute atomic E-state index is 0. The number of fused-ring (bicyclic) bond motifs is 1. The standard InChI is InChI=1S/C21H32N4O3.HI/c1-22-20(24(2)14-17-5-6-18-19(13-17)28-16-27-18)23-15-21(7-11-26-12-8-21)25-9-3-4-10-25;/h5-6,13H,3-4,7-12,14-16H2,1-2H3,(H,22,23);1H. The minimum Gasteiger partial charge on any atom is -0.454 e. The van der Waals surface area contributed by atoms with E-state index >= 15 is 0 Å². The number of nitrogens with one attached hydrogen (secondary N) is 1. The monoisotopic (exact) mass is 516 g/mol. The SMILES string of the molecule is CN=C(NCC1(N2CCCC2)CCOCC1)N(C)Cc1ccc2c(c1)OCO2.I. The molecule has 3 aliphatic heterocycles. The summed E-state index contributed by atoms with van der Waals surface area (Å²) in [5, 5.41) is 3.65. The maximum atomic E-state index is 5.66. The summed E-state index contributed by atoms with van der Waals surface area (Å²) in [5.74, 6) is 2.56. The van der Waals surface area contributed by atoms with Crippen molar-refractivity contribution in [3.63, 3.8) is 0 Å². The number of rotatable bonds is 5. The van der Waals surface area contributed by atoms with Gasteiger partial charge in [-0.05, 0) is 56.5 Å². The van der Waals surface area contributed by atoms with Crippen molar-refractivity contribution < 1.29 is 14.2 Å². The van der Waals surface area contributed by atoms with E-state index in [9.17, 15) is 0 Å². The Morgan fingerprint density at radius 2 is 1.90 bits per heavy atom. The molecule has 0 radical (unpaired) electrons. The van der Waals surface area contributed by atoms with Gasteiger partial charge in [-0.15, -0.1) is 24.0 Å². The van der Waals surface area contributed by atoms with Gasteiger partial charge in [0.25, 0.3) is 0 Å². The predicted octanol–water partition coefficient (Wildman–Crippen LogP) is 2.69. The molecular formula is C21H33IN4O3. The van der Waals surface area contributed by atoms with Crippen molar-refractivity contribution >= 4 is 29.9 Å². The van der Waals surface area contributed by atoms with Crippen molar-refractivity contribution in [3.8, 4) is 11.5 Å². The number of aliphatic imine (C=N–C) groups is 1. The lowest BCUT2D eigenvalue weighted by atomic mass is 9.88. The number of benzene rings is 1. The maximum absolute atomic E-state index is 5.66. The van der Waals surface area contributed by atoms with Crippen molar-refractivity contribution in [2.24, 2.45) is 4.99 Å². The molecule has 1 N–H and O–H groups in total. The Kier molecular flexibility index (Phi) is 7.86. The Bertz CT molecular complexity index is 703. The van der Waals surface area contributed by atoms with Crippen LogP contribution in [-0.4, -0.2) is 75.0 Å². The molecule has 0 aromatic heterocycles. The van der Waals surface area contributed by atoms with Crippen molar-refractivity contribution in [2.45, 2.75) is 37.8 Å². The van der Waals surface area contributed by atoms with Gasteiger partial charge in [0.15, 0.2) is 17.5 Å². The second-order valence-corrected chi connectivity index (χ2v) is 7.98. The van der Waals surface area contributed by atoms with Crippen LogP contribution in [0.25, 0.3) is 0 Å². The molecule has 0 bridgehead atoms. The smallest absolute Gasteiger partial charge is 0.231 e. The number of ether oxygens (including phenoxy) is 3. The Labute approximate surface area is 190 Å². The molecule has 2 fully saturated rings. The molecule has 0 atom stereocenters. The molecule has 0 saturated carbocycles. The molecule has 1 aromatic carbocycles. The fourth-order valence-corrected chi connectivity index (χ4v) is 4.56. The number of likely N-dealkylation sites (tertiary alicyclic amines) is 1. The van der Waals surface area contributed by atoms with E-state index in [1.165, 1.54) is 31.5 Å². The fraction of sp³-hybridized carbons (Fsp3) is 0.667. The van der Waals surface area contributed by atoms with Gasteiger partial charge in [0.05, 0.1) is 0 Å². The summed E-state index contributed by atoms with van der Waals surface area (Å²) in [6, 6.07) is 6.11. The zero-order valence-electron chi connectivity index (χ0n) is 17.5. The zero-order valence-corrected chi connectivity index (χ0v) is 19.8. The minimum atomic E-state index is 0. The first kappa shape index (κ1) is 22.4. The van der Waals surface area contributed by atoms with E-state index in [-0.39, 0.29) is 29.5 Å². The van der Waals surface area contributed by atoms with Crippen molar-refractivity contribution in [1.29, 1.82) is 0 Å². The van der Waals surface area contributed by atoms with Gasteiger partial charge in [0, 0.05) is 45.9 Å². The van der Waals surface area contributed by atoms with Crippen molar-refractivity contribution in [1.82, 2.24) is 15.1 Å².